The molecule has 0 spiro atoms. The summed E-state index contributed by atoms with van der Waals surface area (Å²) < 4.78 is 33.3. The fourth-order valence-corrected chi connectivity index (χ4v) is 4.37. The molecule has 2 N–H and O–H groups in total. The van der Waals surface area contributed by atoms with Gasteiger partial charge in [-0.3, -0.25) is 4.79 Å². The van der Waals surface area contributed by atoms with Gasteiger partial charge in [0.2, 0.25) is 10.0 Å². The summed E-state index contributed by atoms with van der Waals surface area (Å²) in [4.78, 5) is 10.9. The summed E-state index contributed by atoms with van der Waals surface area (Å²) >= 11 is 0. The van der Waals surface area contributed by atoms with Gasteiger partial charge in [0.1, 0.15) is 10.6 Å². The third-order valence-corrected chi connectivity index (χ3v) is 5.93. The van der Waals surface area contributed by atoms with Crippen molar-refractivity contribution in [2.45, 2.75) is 37.1 Å². The quantitative estimate of drug-likeness (QED) is 0.775. The van der Waals surface area contributed by atoms with Crippen LogP contribution in [0.15, 0.2) is 41.3 Å². The highest BCUT2D eigenvalue weighted by molar-refractivity contribution is 7.89. The molecule has 2 aromatic rings. The zero-order valence-electron chi connectivity index (χ0n) is 14.5. The monoisotopic (exact) mass is 375 g/mol. The van der Waals surface area contributed by atoms with Crippen molar-refractivity contribution < 1.29 is 23.1 Å². The molecular formula is C19H21NO5S. The third-order valence-electron chi connectivity index (χ3n) is 4.51. The predicted octanol–water partition coefficient (Wildman–Crippen LogP) is 2.29. The average Bonchev–Trinajstić information content (AvgIpc) is 3.07. The lowest BCUT2D eigenvalue weighted by Crippen LogP contribution is -2.24. The molecule has 0 atom stereocenters. The summed E-state index contributed by atoms with van der Waals surface area (Å²) in [7, 11) is -2.25. The number of carboxylic acids is 1. The predicted molar refractivity (Wildman–Crippen MR) is 96.8 cm³/mol. The minimum atomic E-state index is -3.72. The number of sulfonamides is 1. The molecule has 1 aliphatic rings. The standard InChI is InChI=1S/C19H21NO5S/c1-25-17-10-15-3-2-4-16(15)11-18(17)26(23,24)20-12-14-7-5-13(6-8-14)9-19(21)22/h5-8,10-11,20H,2-4,9,12H2,1H3,(H,21,22). The van der Waals surface area contributed by atoms with Crippen molar-refractivity contribution in [2.75, 3.05) is 7.11 Å². The van der Waals surface area contributed by atoms with E-state index in [2.05, 4.69) is 4.72 Å². The molecule has 6 nitrogen and oxygen atoms in total. The highest BCUT2D eigenvalue weighted by Gasteiger charge is 2.23. The van der Waals surface area contributed by atoms with Crippen LogP contribution in [0.5, 0.6) is 5.75 Å². The van der Waals surface area contributed by atoms with Crippen molar-refractivity contribution in [1.82, 2.24) is 4.72 Å². The van der Waals surface area contributed by atoms with Gasteiger partial charge in [-0.1, -0.05) is 24.3 Å². The van der Waals surface area contributed by atoms with Crippen LogP contribution in [0.4, 0.5) is 0 Å². The van der Waals surface area contributed by atoms with Crippen LogP contribution in [0.2, 0.25) is 0 Å². The van der Waals surface area contributed by atoms with Crippen LogP contribution in [0.1, 0.15) is 28.7 Å². The van der Waals surface area contributed by atoms with Crippen molar-refractivity contribution in [1.29, 1.82) is 0 Å². The van der Waals surface area contributed by atoms with Gasteiger partial charge in [0.25, 0.3) is 0 Å². The zero-order chi connectivity index (χ0) is 18.7. The van der Waals surface area contributed by atoms with Crippen molar-refractivity contribution >= 4 is 16.0 Å². The van der Waals surface area contributed by atoms with Crippen LogP contribution >= 0.6 is 0 Å². The van der Waals surface area contributed by atoms with E-state index in [1.165, 1.54) is 7.11 Å². The molecule has 0 aromatic heterocycles. The zero-order valence-corrected chi connectivity index (χ0v) is 15.3. The molecule has 0 saturated carbocycles. The molecule has 1 aliphatic carbocycles. The second kappa shape index (κ2) is 7.47. The maximum atomic E-state index is 12.7. The maximum absolute atomic E-state index is 12.7. The fourth-order valence-electron chi connectivity index (χ4n) is 3.15. The first kappa shape index (κ1) is 18.4. The number of nitrogens with one attached hydrogen (secondary N) is 1. The Morgan fingerprint density at radius 1 is 1.12 bits per heavy atom. The van der Waals surface area contributed by atoms with Crippen LogP contribution in [-0.4, -0.2) is 26.6 Å². The molecule has 0 bridgehead atoms. The van der Waals surface area contributed by atoms with Gasteiger partial charge in [0.15, 0.2) is 0 Å². The number of carbonyl (C=O) groups is 1. The average molecular weight is 375 g/mol. The molecule has 26 heavy (non-hydrogen) atoms. The first-order valence-corrected chi connectivity index (χ1v) is 9.86. The van der Waals surface area contributed by atoms with E-state index in [9.17, 15) is 13.2 Å². The Morgan fingerprint density at radius 2 is 1.73 bits per heavy atom. The number of fused-ring (bicyclic) bond motifs is 1. The highest BCUT2D eigenvalue weighted by Crippen LogP contribution is 2.32. The second-order valence-corrected chi connectivity index (χ2v) is 8.07. The first-order chi connectivity index (χ1) is 12.4. The summed E-state index contributed by atoms with van der Waals surface area (Å²) in [6.45, 7) is 0.121. The number of aryl methyl sites for hydroxylation is 2. The smallest absolute Gasteiger partial charge is 0.307 e. The Bertz CT molecular complexity index is 920. The van der Waals surface area contributed by atoms with E-state index in [1.54, 1.807) is 30.3 Å². The van der Waals surface area contributed by atoms with E-state index >= 15 is 0 Å². The van der Waals surface area contributed by atoms with Crippen LogP contribution in [0, 0.1) is 0 Å². The number of hydrogen-bond donors (Lipinski definition) is 2. The van der Waals surface area contributed by atoms with Gasteiger partial charge in [-0.15, -0.1) is 0 Å². The Labute approximate surface area is 152 Å². The van der Waals surface area contributed by atoms with Gasteiger partial charge in [0, 0.05) is 6.54 Å². The number of rotatable bonds is 7. The lowest BCUT2D eigenvalue weighted by molar-refractivity contribution is -0.136. The van der Waals surface area contributed by atoms with E-state index in [-0.39, 0.29) is 17.9 Å². The molecule has 7 heteroatoms. The summed E-state index contributed by atoms with van der Waals surface area (Å²) in [6, 6.07) is 10.3. The number of aliphatic carboxylic acids is 1. The van der Waals surface area contributed by atoms with Crippen LogP contribution in [0.25, 0.3) is 0 Å². The minimum absolute atomic E-state index is 0.0572. The molecule has 2 aromatic carbocycles. The Balaban J connectivity index is 1.76. The molecular weight excluding hydrogens is 354 g/mol. The summed E-state index contributed by atoms with van der Waals surface area (Å²) in [5.74, 6) is -0.544. The lowest BCUT2D eigenvalue weighted by atomic mass is 10.1. The van der Waals surface area contributed by atoms with E-state index in [0.29, 0.717) is 11.3 Å². The maximum Gasteiger partial charge on any atom is 0.307 e. The molecule has 138 valence electrons. The third kappa shape index (κ3) is 4.05. The number of ether oxygens (including phenoxy) is 1. The second-order valence-electron chi connectivity index (χ2n) is 6.34. The molecule has 0 unspecified atom stereocenters. The molecule has 0 heterocycles. The highest BCUT2D eigenvalue weighted by atomic mass is 32.2. The van der Waals surface area contributed by atoms with Gasteiger partial charge in [0.05, 0.1) is 13.5 Å². The van der Waals surface area contributed by atoms with E-state index in [0.717, 1.165) is 36.0 Å². The number of hydrogen-bond acceptors (Lipinski definition) is 4. The van der Waals surface area contributed by atoms with Gasteiger partial charge >= 0.3 is 5.97 Å². The van der Waals surface area contributed by atoms with Gasteiger partial charge in [-0.2, -0.15) is 0 Å². The van der Waals surface area contributed by atoms with Crippen molar-refractivity contribution in [3.8, 4) is 5.75 Å². The fraction of sp³-hybridized carbons (Fsp3) is 0.316. The molecule has 0 aliphatic heterocycles. The number of benzene rings is 2. The van der Waals surface area contributed by atoms with Crippen LogP contribution in [-0.2, 0) is 40.6 Å². The van der Waals surface area contributed by atoms with Crippen LogP contribution < -0.4 is 9.46 Å². The van der Waals surface area contributed by atoms with Crippen LogP contribution in [0.3, 0.4) is 0 Å². The van der Waals surface area contributed by atoms with E-state index in [1.807, 2.05) is 6.07 Å². The summed E-state index contributed by atoms with van der Waals surface area (Å²) in [5, 5.41) is 8.78. The SMILES string of the molecule is COc1cc2c(cc1S(=O)(=O)NCc1ccc(CC(=O)O)cc1)CCC2. The first-order valence-electron chi connectivity index (χ1n) is 8.38. The van der Waals surface area contributed by atoms with Gasteiger partial charge < -0.3 is 9.84 Å². The Kier molecular flexibility index (Phi) is 5.29. The summed E-state index contributed by atoms with van der Waals surface area (Å²) in [5.41, 5.74) is 3.63. The lowest BCUT2D eigenvalue weighted by Gasteiger charge is -2.13. The Morgan fingerprint density at radius 3 is 2.35 bits per heavy atom. The normalized spacial score (nSPS) is 13.4. The van der Waals surface area contributed by atoms with Crippen molar-refractivity contribution in [2.24, 2.45) is 0 Å². The van der Waals surface area contributed by atoms with Gasteiger partial charge in [-0.25, -0.2) is 13.1 Å². The van der Waals surface area contributed by atoms with Crippen molar-refractivity contribution in [3.05, 3.63) is 58.7 Å². The topological polar surface area (TPSA) is 92.7 Å². The van der Waals surface area contributed by atoms with Crippen molar-refractivity contribution in [3.63, 3.8) is 0 Å². The molecule has 0 saturated heterocycles. The number of carboxylic acid groups (broad SMARTS) is 1. The van der Waals surface area contributed by atoms with Gasteiger partial charge in [-0.05, 0) is 53.6 Å². The largest absolute Gasteiger partial charge is 0.495 e. The molecule has 0 fully saturated rings. The van der Waals surface area contributed by atoms with E-state index < -0.39 is 16.0 Å². The molecule has 0 radical (unpaired) electrons. The molecule has 3 rings (SSSR count). The summed E-state index contributed by atoms with van der Waals surface area (Å²) in [6.07, 6.45) is 2.80. The van der Waals surface area contributed by atoms with E-state index in [4.69, 9.17) is 9.84 Å². The minimum Gasteiger partial charge on any atom is -0.495 e. The number of methoxy groups -OCH3 is 1. The molecule has 0 amide bonds. The Hall–Kier alpha value is -2.38.